The second-order valence-electron chi connectivity index (χ2n) is 5.91. The second-order valence-corrected chi connectivity index (χ2v) is 9.00. The lowest BCUT2D eigenvalue weighted by Crippen LogP contribution is -2.43. The molecule has 0 radical (unpaired) electrons. The Bertz CT molecular complexity index is 755. The van der Waals surface area contributed by atoms with Gasteiger partial charge < -0.3 is 13.3 Å². The summed E-state index contributed by atoms with van der Waals surface area (Å²) in [6.07, 6.45) is 0.562. The van der Waals surface area contributed by atoms with Crippen LogP contribution in [0.4, 0.5) is 0 Å². The molecule has 1 heterocycles. The van der Waals surface area contributed by atoms with E-state index in [2.05, 4.69) is 0 Å². The number of fused-ring (bicyclic) bond motifs is 2. The molecule has 0 saturated carbocycles. The van der Waals surface area contributed by atoms with E-state index in [9.17, 15) is 9.59 Å². The van der Waals surface area contributed by atoms with Crippen molar-refractivity contribution < 1.29 is 22.9 Å². The number of hydrogen-bond acceptors (Lipinski definition) is 5. The Morgan fingerprint density at radius 3 is 1.80 bits per heavy atom. The fraction of sp³-hybridized carbons (Fsp3) is 0.333. The van der Waals surface area contributed by atoms with Crippen LogP contribution in [0, 0.1) is 0 Å². The molecule has 3 rings (SSSR count). The van der Waals surface area contributed by atoms with Crippen LogP contribution >= 0.6 is 0 Å². The van der Waals surface area contributed by atoms with Crippen molar-refractivity contribution in [2.75, 3.05) is 27.9 Å². The molecule has 0 N–H and O–H groups in total. The molecule has 0 saturated heterocycles. The monoisotopic (exact) mass is 359 g/mol. The highest BCUT2D eigenvalue weighted by molar-refractivity contribution is 6.60. The predicted octanol–water partition coefficient (Wildman–Crippen LogP) is 2.70. The van der Waals surface area contributed by atoms with Crippen LogP contribution in [0.3, 0.4) is 0 Å². The number of nitrogens with zero attached hydrogens (tertiary/aromatic N) is 1. The van der Waals surface area contributed by atoms with Crippen LogP contribution in [-0.4, -0.2) is 53.4 Å². The summed E-state index contributed by atoms with van der Waals surface area (Å²) in [5, 5.41) is 1.91. The number of benzene rings is 2. The zero-order valence-corrected chi connectivity index (χ0v) is 15.6. The highest BCUT2D eigenvalue weighted by Gasteiger charge is 2.39. The molecule has 0 bridgehead atoms. The Labute approximate surface area is 147 Å². The van der Waals surface area contributed by atoms with Gasteiger partial charge in [-0.25, -0.2) is 0 Å². The summed E-state index contributed by atoms with van der Waals surface area (Å²) in [6.45, 7) is 0.313. The smallest absolute Gasteiger partial charge is 0.377 e. The van der Waals surface area contributed by atoms with E-state index < -0.39 is 8.80 Å². The third-order valence-electron chi connectivity index (χ3n) is 4.63. The van der Waals surface area contributed by atoms with Crippen LogP contribution in [0.1, 0.15) is 27.1 Å². The van der Waals surface area contributed by atoms with Gasteiger partial charge in [0.05, 0.1) is 11.1 Å². The van der Waals surface area contributed by atoms with Crippen LogP contribution in [0.2, 0.25) is 6.04 Å². The highest BCUT2D eigenvalue weighted by Crippen LogP contribution is 2.28. The van der Waals surface area contributed by atoms with E-state index in [1.54, 1.807) is 33.5 Å². The van der Waals surface area contributed by atoms with Crippen molar-refractivity contribution in [2.45, 2.75) is 12.5 Å². The van der Waals surface area contributed by atoms with E-state index in [0.717, 1.165) is 10.8 Å². The van der Waals surface area contributed by atoms with Gasteiger partial charge in [0.1, 0.15) is 0 Å². The average molecular weight is 359 g/mol. The lowest BCUT2D eigenvalue weighted by atomic mass is 10.0. The fourth-order valence-electron chi connectivity index (χ4n) is 3.19. The van der Waals surface area contributed by atoms with Gasteiger partial charge in [-0.3, -0.25) is 14.5 Å². The summed E-state index contributed by atoms with van der Waals surface area (Å²) in [4.78, 5) is 26.6. The fourth-order valence-corrected chi connectivity index (χ4v) is 4.89. The van der Waals surface area contributed by atoms with Crippen molar-refractivity contribution in [3.8, 4) is 0 Å². The topological polar surface area (TPSA) is 65.1 Å². The molecule has 132 valence electrons. The molecule has 6 nitrogen and oxygen atoms in total. The zero-order chi connectivity index (χ0) is 18.0. The van der Waals surface area contributed by atoms with Crippen LogP contribution in [0.5, 0.6) is 0 Å². The van der Waals surface area contributed by atoms with Gasteiger partial charge in [0, 0.05) is 33.9 Å². The standard InChI is InChI=1S/C18H21NO5Si/c1-22-25(23-2,24-3)10-6-9-19-17(20)15-11-13-7-4-5-8-14(13)12-16(15)18(19)21/h4-5,7-8,11-12H,6,9-10H2,1-3H3. The second kappa shape index (κ2) is 7.05. The molecule has 0 aliphatic carbocycles. The molecule has 2 aromatic rings. The Morgan fingerprint density at radius 2 is 1.36 bits per heavy atom. The van der Waals surface area contributed by atoms with Crippen LogP contribution in [-0.2, 0) is 13.3 Å². The lowest BCUT2D eigenvalue weighted by Gasteiger charge is -2.25. The minimum absolute atomic E-state index is 0.245. The first-order valence-corrected chi connectivity index (χ1v) is 10.0. The predicted molar refractivity (Wildman–Crippen MR) is 95.5 cm³/mol. The van der Waals surface area contributed by atoms with Crippen molar-refractivity contribution in [1.82, 2.24) is 4.90 Å². The third-order valence-corrected chi connectivity index (χ3v) is 7.47. The molecule has 0 unspecified atom stereocenters. The van der Waals surface area contributed by atoms with Gasteiger partial charge in [0.25, 0.3) is 11.8 Å². The van der Waals surface area contributed by atoms with E-state index in [1.807, 2.05) is 24.3 Å². The Balaban J connectivity index is 1.77. The van der Waals surface area contributed by atoms with Gasteiger partial charge in [-0.05, 0) is 29.3 Å². The molecule has 2 amide bonds. The van der Waals surface area contributed by atoms with E-state index >= 15 is 0 Å². The van der Waals surface area contributed by atoms with Crippen molar-refractivity contribution in [1.29, 1.82) is 0 Å². The largest absolute Gasteiger partial charge is 0.500 e. The molecular weight excluding hydrogens is 338 g/mol. The molecular formula is C18H21NO5Si. The van der Waals surface area contributed by atoms with Crippen molar-refractivity contribution in [3.05, 3.63) is 47.5 Å². The number of carbonyl (C=O) groups is 2. The van der Waals surface area contributed by atoms with E-state index in [-0.39, 0.29) is 11.8 Å². The molecule has 0 spiro atoms. The van der Waals surface area contributed by atoms with Crippen LogP contribution in [0.25, 0.3) is 10.8 Å². The maximum Gasteiger partial charge on any atom is 0.500 e. The first kappa shape index (κ1) is 17.8. The molecule has 25 heavy (non-hydrogen) atoms. The minimum Gasteiger partial charge on any atom is -0.377 e. The molecule has 2 aromatic carbocycles. The van der Waals surface area contributed by atoms with Gasteiger partial charge in [-0.15, -0.1) is 0 Å². The van der Waals surface area contributed by atoms with Crippen molar-refractivity contribution in [3.63, 3.8) is 0 Å². The molecule has 0 atom stereocenters. The minimum atomic E-state index is -2.70. The van der Waals surface area contributed by atoms with Crippen LogP contribution in [0.15, 0.2) is 36.4 Å². The SMILES string of the molecule is CO[Si](CCCN1C(=O)c2cc3ccccc3cc2C1=O)(OC)OC. The first-order valence-electron chi connectivity index (χ1n) is 8.09. The molecule has 1 aliphatic heterocycles. The molecule has 0 aromatic heterocycles. The Kier molecular flexibility index (Phi) is 5.00. The molecule has 0 fully saturated rings. The lowest BCUT2D eigenvalue weighted by molar-refractivity contribution is 0.0647. The van der Waals surface area contributed by atoms with Gasteiger partial charge in [-0.2, -0.15) is 0 Å². The number of carbonyl (C=O) groups excluding carboxylic acids is 2. The van der Waals surface area contributed by atoms with Crippen molar-refractivity contribution in [2.24, 2.45) is 0 Å². The quantitative estimate of drug-likeness (QED) is 0.562. The molecule has 7 heteroatoms. The van der Waals surface area contributed by atoms with Gasteiger partial charge in [0.2, 0.25) is 0 Å². The van der Waals surface area contributed by atoms with E-state index in [4.69, 9.17) is 13.3 Å². The number of imide groups is 1. The van der Waals surface area contributed by atoms with E-state index in [0.29, 0.717) is 30.1 Å². The van der Waals surface area contributed by atoms with Crippen molar-refractivity contribution >= 4 is 31.4 Å². The Hall–Kier alpha value is -2.06. The first-order chi connectivity index (χ1) is 12.0. The summed E-state index contributed by atoms with van der Waals surface area (Å²) in [6, 6.07) is 11.8. The summed E-state index contributed by atoms with van der Waals surface area (Å²) in [5.41, 5.74) is 0.940. The number of rotatable bonds is 7. The summed E-state index contributed by atoms with van der Waals surface area (Å²) in [5.74, 6) is -0.490. The maximum atomic E-state index is 12.6. The number of hydrogen-bond donors (Lipinski definition) is 0. The average Bonchev–Trinajstić information content (AvgIpc) is 2.88. The van der Waals surface area contributed by atoms with Gasteiger partial charge in [-0.1, -0.05) is 24.3 Å². The highest BCUT2D eigenvalue weighted by atomic mass is 28.4. The normalized spacial score (nSPS) is 14.4. The summed E-state index contributed by atoms with van der Waals surface area (Å²) < 4.78 is 16.1. The number of amides is 2. The zero-order valence-electron chi connectivity index (χ0n) is 14.6. The summed E-state index contributed by atoms with van der Waals surface area (Å²) >= 11 is 0. The third kappa shape index (κ3) is 3.11. The summed E-state index contributed by atoms with van der Waals surface area (Å²) in [7, 11) is 1.94. The van der Waals surface area contributed by atoms with Gasteiger partial charge in [0.15, 0.2) is 0 Å². The molecule has 1 aliphatic rings. The van der Waals surface area contributed by atoms with E-state index in [1.165, 1.54) is 4.90 Å². The van der Waals surface area contributed by atoms with Crippen LogP contribution < -0.4 is 0 Å². The maximum absolute atomic E-state index is 12.6. The van der Waals surface area contributed by atoms with Gasteiger partial charge >= 0.3 is 8.80 Å². The Morgan fingerprint density at radius 1 is 0.880 bits per heavy atom.